The summed E-state index contributed by atoms with van der Waals surface area (Å²) in [7, 11) is 0. The molecule has 2 aromatic rings. The molecule has 0 N–H and O–H groups in total. The first-order chi connectivity index (χ1) is 11.4. The smallest absolute Gasteiger partial charge is 1.00 e. The van der Waals surface area contributed by atoms with E-state index in [2.05, 4.69) is 73.3 Å². The van der Waals surface area contributed by atoms with Crippen LogP contribution >= 0.6 is 0 Å². The summed E-state index contributed by atoms with van der Waals surface area (Å²) in [4.78, 5) is 0. The molecule has 0 aromatic heterocycles. The molecule has 4 rings (SSSR count). The van der Waals surface area contributed by atoms with Gasteiger partial charge in [0.25, 0.3) is 0 Å². The zero-order valence-electron chi connectivity index (χ0n) is 15.1. The maximum Gasteiger partial charge on any atom is -1.00 e. The van der Waals surface area contributed by atoms with Crippen molar-refractivity contribution in [3.63, 3.8) is 0 Å². The molecule has 0 nitrogen and oxygen atoms in total. The molecular formula is C21H25Cl2SiZr. The number of halogens is 2. The fourth-order valence-corrected chi connectivity index (χ4v) is 20.9. The van der Waals surface area contributed by atoms with Crippen LogP contribution in [0, 0.1) is 0 Å². The van der Waals surface area contributed by atoms with E-state index in [4.69, 9.17) is 0 Å². The standard InChI is InChI=1S/C13H9.C5H5.C2H6.CH5Si.2ClH.Zr/c1-3-7-12-10(5-1)9-11-6-2-4-8-13(11)12;1-2-4-5-3-1;2*1-2;;;/h1-9H;1-3H,4H2;1-2H3;2H2,1H3;2*1H;/q;;;;;;+2/p-2. The quantitative estimate of drug-likeness (QED) is 0.529. The fraction of sp³-hybridized carbons (Fsp3) is 0.238. The van der Waals surface area contributed by atoms with Gasteiger partial charge in [-0.05, 0) is 0 Å². The van der Waals surface area contributed by atoms with Crippen molar-refractivity contribution in [2.45, 2.75) is 30.4 Å². The van der Waals surface area contributed by atoms with E-state index < -0.39 is 20.9 Å². The molecule has 0 saturated heterocycles. The second-order valence-electron chi connectivity index (χ2n) is 5.81. The second-order valence-corrected chi connectivity index (χ2v) is 21.8. The van der Waals surface area contributed by atoms with Crippen molar-refractivity contribution >= 4 is 6.65 Å². The van der Waals surface area contributed by atoms with Gasteiger partial charge < -0.3 is 24.8 Å². The summed E-state index contributed by atoms with van der Waals surface area (Å²) in [5, 5.41) is 0. The largest absolute Gasteiger partial charge is 1.00 e. The minimum atomic E-state index is -1.52. The van der Waals surface area contributed by atoms with Crippen LogP contribution in [0.1, 0.15) is 35.0 Å². The molecule has 131 valence electrons. The molecule has 0 atom stereocenters. The van der Waals surface area contributed by atoms with Gasteiger partial charge in [-0.3, -0.25) is 0 Å². The molecular weight excluding hydrogens is 442 g/mol. The first-order valence-corrected chi connectivity index (χ1v) is 18.8. The number of fused-ring (bicyclic) bond motifs is 3. The Hall–Kier alpha value is -0.400. The summed E-state index contributed by atoms with van der Waals surface area (Å²) < 4.78 is 2.63. The third-order valence-electron chi connectivity index (χ3n) is 4.75. The zero-order valence-corrected chi connectivity index (χ0v) is 20.5. The van der Waals surface area contributed by atoms with Crippen molar-refractivity contribution in [3.05, 3.63) is 81.2 Å². The molecule has 0 amide bonds. The van der Waals surface area contributed by atoms with Gasteiger partial charge in [0.1, 0.15) is 0 Å². The molecule has 2 aliphatic carbocycles. The van der Waals surface area contributed by atoms with Crippen LogP contribution in [-0.2, 0) is 20.9 Å². The number of hydrogen-bond donors (Lipinski definition) is 0. The molecule has 25 heavy (non-hydrogen) atoms. The molecule has 0 spiro atoms. The minimum absolute atomic E-state index is 0. The Bertz CT molecular complexity index is 710. The van der Waals surface area contributed by atoms with Gasteiger partial charge in [-0.1, -0.05) is 13.8 Å². The van der Waals surface area contributed by atoms with Crippen LogP contribution in [0.5, 0.6) is 0 Å². The average Bonchev–Trinajstić information content (AvgIpc) is 3.26. The number of benzene rings is 2. The van der Waals surface area contributed by atoms with E-state index >= 15 is 0 Å². The summed E-state index contributed by atoms with van der Waals surface area (Å²) in [6.45, 7) is 6.63. The Labute approximate surface area is 174 Å². The monoisotopic (exact) mass is 465 g/mol. The van der Waals surface area contributed by atoms with Crippen molar-refractivity contribution in [2.75, 3.05) is 0 Å². The fourth-order valence-electron chi connectivity index (χ4n) is 3.83. The van der Waals surface area contributed by atoms with Gasteiger partial charge in [0.2, 0.25) is 0 Å². The van der Waals surface area contributed by atoms with E-state index in [0.29, 0.717) is 0 Å². The first kappa shape index (κ1) is 22.6. The predicted octanol–water partition coefficient (Wildman–Crippen LogP) is -0.615. The molecule has 0 radical (unpaired) electrons. The van der Waals surface area contributed by atoms with E-state index in [1.165, 1.54) is 17.5 Å². The molecule has 2 aliphatic rings. The van der Waals surface area contributed by atoms with Crippen LogP contribution in [0.25, 0.3) is 11.1 Å². The van der Waals surface area contributed by atoms with Gasteiger partial charge >= 0.3 is 136 Å². The van der Waals surface area contributed by atoms with Gasteiger partial charge in [-0.15, -0.1) is 0 Å². The number of rotatable bonds is 3. The van der Waals surface area contributed by atoms with Crippen molar-refractivity contribution < 1.29 is 45.7 Å². The Morgan fingerprint density at radius 1 is 0.880 bits per heavy atom. The molecule has 0 fully saturated rings. The third kappa shape index (κ3) is 4.30. The molecule has 0 saturated carbocycles. The van der Waals surface area contributed by atoms with Crippen LogP contribution in [0.15, 0.2) is 70.0 Å². The van der Waals surface area contributed by atoms with Crippen LogP contribution in [0.2, 0.25) is 6.55 Å². The molecule has 4 heteroatoms. The summed E-state index contributed by atoms with van der Waals surface area (Å²) >= 11 is -1.52. The Morgan fingerprint density at radius 3 is 1.84 bits per heavy atom. The van der Waals surface area contributed by atoms with Crippen molar-refractivity contribution in [2.24, 2.45) is 0 Å². The molecule has 0 aliphatic heterocycles. The average molecular weight is 468 g/mol. The summed E-state index contributed by atoms with van der Waals surface area (Å²) in [5.41, 5.74) is 6.28. The van der Waals surface area contributed by atoms with Crippen LogP contribution < -0.4 is 24.8 Å². The molecule has 2 aromatic carbocycles. The van der Waals surface area contributed by atoms with Crippen molar-refractivity contribution in [1.82, 2.24) is 0 Å². The summed E-state index contributed by atoms with van der Waals surface area (Å²) in [6, 6.07) is 18.3. The zero-order chi connectivity index (χ0) is 16.2. The van der Waals surface area contributed by atoms with E-state index in [0.717, 1.165) is 3.63 Å². The first-order valence-electron chi connectivity index (χ1n) is 8.80. The Kier molecular flexibility index (Phi) is 9.67. The van der Waals surface area contributed by atoms with Gasteiger partial charge in [-0.2, -0.15) is 0 Å². The molecule has 0 bridgehead atoms. The SMILES string of the molecule is CC.C[SiH2][Zr+2]([C]1=CC=CC1)[CH]1c2ccccc2-c2ccccc21.[Cl-].[Cl-]. The Morgan fingerprint density at radius 2 is 1.40 bits per heavy atom. The van der Waals surface area contributed by atoms with Crippen LogP contribution in [-0.4, -0.2) is 6.65 Å². The minimum Gasteiger partial charge on any atom is -1.00 e. The van der Waals surface area contributed by atoms with Crippen LogP contribution in [0.4, 0.5) is 0 Å². The van der Waals surface area contributed by atoms with E-state index in [1.807, 2.05) is 17.1 Å². The molecule has 0 unspecified atom stereocenters. The topological polar surface area (TPSA) is 0 Å². The van der Waals surface area contributed by atoms with E-state index in [1.54, 1.807) is 11.1 Å². The third-order valence-corrected chi connectivity index (χ3v) is 22.4. The predicted molar refractivity (Wildman–Crippen MR) is 101 cm³/mol. The number of hydrogen-bond acceptors (Lipinski definition) is 0. The van der Waals surface area contributed by atoms with E-state index in [-0.39, 0.29) is 31.5 Å². The van der Waals surface area contributed by atoms with E-state index in [9.17, 15) is 0 Å². The summed E-state index contributed by atoms with van der Waals surface area (Å²) in [6.07, 6.45) is 8.34. The maximum atomic E-state index is 2.55. The summed E-state index contributed by atoms with van der Waals surface area (Å²) in [5.74, 6) is 0. The van der Waals surface area contributed by atoms with Gasteiger partial charge in [0, 0.05) is 0 Å². The second kappa shape index (κ2) is 10.7. The molecule has 0 heterocycles. The van der Waals surface area contributed by atoms with Crippen molar-refractivity contribution in [3.8, 4) is 11.1 Å². The Balaban J connectivity index is 0.000000755. The van der Waals surface area contributed by atoms with Crippen LogP contribution in [0.3, 0.4) is 0 Å². The normalized spacial score (nSPS) is 14.0. The van der Waals surface area contributed by atoms with Gasteiger partial charge in [0.15, 0.2) is 0 Å². The maximum absolute atomic E-state index is 2.55. The van der Waals surface area contributed by atoms with Gasteiger partial charge in [0.05, 0.1) is 0 Å². The van der Waals surface area contributed by atoms with Crippen molar-refractivity contribution in [1.29, 1.82) is 0 Å². The number of allylic oxidation sites excluding steroid dienone is 4. The van der Waals surface area contributed by atoms with Gasteiger partial charge in [-0.25, -0.2) is 0 Å².